The van der Waals surface area contributed by atoms with E-state index in [0.29, 0.717) is 17.4 Å². The number of nitrogens with one attached hydrogen (secondary N) is 2. The second-order valence-electron chi connectivity index (χ2n) is 3.63. The molecule has 0 aliphatic heterocycles. The van der Waals surface area contributed by atoms with Crippen LogP contribution in [0.3, 0.4) is 0 Å². The van der Waals surface area contributed by atoms with Crippen molar-refractivity contribution < 1.29 is 4.92 Å². The third-order valence-corrected chi connectivity index (χ3v) is 2.42. The number of nitro groups is 1. The summed E-state index contributed by atoms with van der Waals surface area (Å²) in [5, 5.41) is 16.9. The molecule has 0 saturated heterocycles. The van der Waals surface area contributed by atoms with Gasteiger partial charge in [0.2, 0.25) is 0 Å². The minimum Gasteiger partial charge on any atom is -0.382 e. The van der Waals surface area contributed by atoms with Gasteiger partial charge in [-0.2, -0.15) is 0 Å². The molecule has 0 unspecified atom stereocenters. The van der Waals surface area contributed by atoms with Crippen LogP contribution >= 0.6 is 0 Å². The molecule has 5 heteroatoms. The van der Waals surface area contributed by atoms with E-state index < -0.39 is 0 Å². The highest BCUT2D eigenvalue weighted by Crippen LogP contribution is 2.35. The van der Waals surface area contributed by atoms with Gasteiger partial charge >= 0.3 is 5.69 Å². The minimum absolute atomic E-state index is 0.131. The maximum atomic E-state index is 10.9. The Bertz CT molecular complexity index is 388. The third-order valence-electron chi connectivity index (χ3n) is 2.42. The Labute approximate surface area is 87.6 Å². The van der Waals surface area contributed by atoms with Crippen LogP contribution in [0, 0.1) is 10.1 Å². The van der Waals surface area contributed by atoms with Crippen LogP contribution in [0.15, 0.2) is 18.2 Å². The molecule has 0 amide bonds. The molecule has 0 atom stereocenters. The van der Waals surface area contributed by atoms with Crippen LogP contribution < -0.4 is 10.6 Å². The number of nitro benzene ring substituents is 1. The number of para-hydroxylation sites is 1. The Morgan fingerprint density at radius 3 is 2.60 bits per heavy atom. The van der Waals surface area contributed by atoms with E-state index >= 15 is 0 Å². The number of rotatable bonds is 4. The number of nitrogens with zero attached hydrogens (tertiary/aromatic N) is 1. The molecule has 5 nitrogen and oxygen atoms in total. The number of anilines is 2. The van der Waals surface area contributed by atoms with Gasteiger partial charge < -0.3 is 10.6 Å². The normalized spacial score (nSPS) is 14.7. The van der Waals surface area contributed by atoms with Crippen molar-refractivity contribution in [3.63, 3.8) is 0 Å². The second-order valence-corrected chi connectivity index (χ2v) is 3.63. The van der Waals surface area contributed by atoms with Crippen LogP contribution in [0.4, 0.5) is 17.1 Å². The highest BCUT2D eigenvalue weighted by molar-refractivity contribution is 5.76. The first-order chi connectivity index (χ1) is 7.22. The van der Waals surface area contributed by atoms with E-state index in [9.17, 15) is 10.1 Å². The van der Waals surface area contributed by atoms with E-state index in [0.717, 1.165) is 12.8 Å². The van der Waals surface area contributed by atoms with E-state index in [4.69, 9.17) is 0 Å². The van der Waals surface area contributed by atoms with E-state index in [1.165, 1.54) is 0 Å². The van der Waals surface area contributed by atoms with Crippen LogP contribution in [-0.2, 0) is 0 Å². The van der Waals surface area contributed by atoms with Gasteiger partial charge in [0.25, 0.3) is 0 Å². The van der Waals surface area contributed by atoms with Crippen molar-refractivity contribution in [2.75, 3.05) is 17.7 Å². The first-order valence-electron chi connectivity index (χ1n) is 4.94. The molecule has 1 aromatic rings. The van der Waals surface area contributed by atoms with Gasteiger partial charge in [0.1, 0.15) is 11.4 Å². The fraction of sp³-hybridized carbons (Fsp3) is 0.400. The molecular formula is C10H13N3O2. The number of hydrogen-bond acceptors (Lipinski definition) is 4. The Hall–Kier alpha value is -1.78. The van der Waals surface area contributed by atoms with Crippen LogP contribution in [0.25, 0.3) is 0 Å². The number of benzene rings is 1. The highest BCUT2D eigenvalue weighted by Gasteiger charge is 2.26. The lowest BCUT2D eigenvalue weighted by molar-refractivity contribution is -0.383. The molecule has 0 bridgehead atoms. The lowest BCUT2D eigenvalue weighted by atomic mass is 10.2. The predicted octanol–water partition coefficient (Wildman–Crippen LogP) is 2.21. The monoisotopic (exact) mass is 207 g/mol. The van der Waals surface area contributed by atoms with Crippen molar-refractivity contribution >= 4 is 17.1 Å². The van der Waals surface area contributed by atoms with E-state index in [2.05, 4.69) is 10.6 Å². The van der Waals surface area contributed by atoms with E-state index in [1.54, 1.807) is 19.2 Å². The average molecular weight is 207 g/mol. The van der Waals surface area contributed by atoms with Gasteiger partial charge in [-0.1, -0.05) is 6.07 Å². The molecule has 1 fully saturated rings. The van der Waals surface area contributed by atoms with Gasteiger partial charge in [-0.05, 0) is 25.0 Å². The van der Waals surface area contributed by atoms with Gasteiger partial charge in [0.15, 0.2) is 0 Å². The van der Waals surface area contributed by atoms with Crippen LogP contribution in [-0.4, -0.2) is 18.0 Å². The Kier molecular flexibility index (Phi) is 2.45. The number of hydrogen-bond donors (Lipinski definition) is 2. The molecule has 1 aliphatic rings. The van der Waals surface area contributed by atoms with Gasteiger partial charge in [-0.3, -0.25) is 10.1 Å². The van der Waals surface area contributed by atoms with E-state index in [-0.39, 0.29) is 10.6 Å². The first-order valence-corrected chi connectivity index (χ1v) is 4.94. The summed E-state index contributed by atoms with van der Waals surface area (Å²) in [7, 11) is 1.68. The maximum Gasteiger partial charge on any atom is 0.315 e. The molecule has 1 aliphatic carbocycles. The molecule has 0 radical (unpaired) electrons. The summed E-state index contributed by atoms with van der Waals surface area (Å²) >= 11 is 0. The summed E-state index contributed by atoms with van der Waals surface area (Å²) in [6, 6.07) is 5.67. The standard InChI is InChI=1S/C10H13N3O2/c1-11-8-3-2-4-9(10(8)13(14)15)12-7-5-6-7/h2-4,7,11-12H,5-6H2,1H3. The highest BCUT2D eigenvalue weighted by atomic mass is 16.6. The van der Waals surface area contributed by atoms with Crippen molar-refractivity contribution in [2.45, 2.75) is 18.9 Å². The van der Waals surface area contributed by atoms with Crippen LogP contribution in [0.2, 0.25) is 0 Å². The summed E-state index contributed by atoms with van der Waals surface area (Å²) in [5.74, 6) is 0. The van der Waals surface area contributed by atoms with Gasteiger partial charge in [0.05, 0.1) is 4.92 Å². The smallest absolute Gasteiger partial charge is 0.315 e. The predicted molar refractivity (Wildman–Crippen MR) is 59.3 cm³/mol. The minimum atomic E-state index is -0.351. The lowest BCUT2D eigenvalue weighted by Gasteiger charge is -2.08. The lowest BCUT2D eigenvalue weighted by Crippen LogP contribution is -2.06. The molecule has 0 heterocycles. The molecule has 0 spiro atoms. The van der Waals surface area contributed by atoms with Gasteiger partial charge in [-0.25, -0.2) is 0 Å². The quantitative estimate of drug-likeness (QED) is 0.586. The van der Waals surface area contributed by atoms with Crippen molar-refractivity contribution in [2.24, 2.45) is 0 Å². The van der Waals surface area contributed by atoms with Crippen molar-refractivity contribution in [1.29, 1.82) is 0 Å². The topological polar surface area (TPSA) is 67.2 Å². The van der Waals surface area contributed by atoms with Crippen molar-refractivity contribution in [1.82, 2.24) is 0 Å². The summed E-state index contributed by atoms with van der Waals surface area (Å²) in [6.07, 6.45) is 2.20. The van der Waals surface area contributed by atoms with Gasteiger partial charge in [0, 0.05) is 13.1 Å². The van der Waals surface area contributed by atoms with Crippen molar-refractivity contribution in [3.05, 3.63) is 28.3 Å². The summed E-state index contributed by atoms with van der Waals surface area (Å²) in [4.78, 5) is 10.6. The molecule has 1 aromatic carbocycles. The molecule has 0 aromatic heterocycles. The SMILES string of the molecule is CNc1cccc(NC2CC2)c1[N+](=O)[O-]. The van der Waals surface area contributed by atoms with Gasteiger partial charge in [-0.15, -0.1) is 0 Å². The zero-order chi connectivity index (χ0) is 10.8. The summed E-state index contributed by atoms with van der Waals surface area (Å²) in [6.45, 7) is 0. The van der Waals surface area contributed by atoms with Crippen LogP contribution in [0.5, 0.6) is 0 Å². The Morgan fingerprint density at radius 1 is 1.40 bits per heavy atom. The Morgan fingerprint density at radius 2 is 2.07 bits per heavy atom. The Balaban J connectivity index is 2.37. The molecule has 2 N–H and O–H groups in total. The fourth-order valence-electron chi connectivity index (χ4n) is 1.51. The average Bonchev–Trinajstić information content (AvgIpc) is 3.01. The molecule has 80 valence electrons. The zero-order valence-corrected chi connectivity index (χ0v) is 8.49. The van der Waals surface area contributed by atoms with Crippen molar-refractivity contribution in [3.8, 4) is 0 Å². The molecule has 2 rings (SSSR count). The van der Waals surface area contributed by atoms with Crippen LogP contribution in [0.1, 0.15) is 12.8 Å². The zero-order valence-electron chi connectivity index (χ0n) is 8.49. The first kappa shape index (κ1) is 9.76. The largest absolute Gasteiger partial charge is 0.382 e. The third kappa shape index (κ3) is 2.01. The second kappa shape index (κ2) is 3.76. The molecule has 1 saturated carbocycles. The molecular weight excluding hydrogens is 194 g/mol. The maximum absolute atomic E-state index is 10.9. The fourth-order valence-corrected chi connectivity index (χ4v) is 1.51. The van der Waals surface area contributed by atoms with E-state index in [1.807, 2.05) is 6.07 Å². The summed E-state index contributed by atoms with van der Waals surface area (Å²) in [5.41, 5.74) is 1.28. The molecule has 15 heavy (non-hydrogen) atoms. The summed E-state index contributed by atoms with van der Waals surface area (Å²) < 4.78 is 0.